The van der Waals surface area contributed by atoms with E-state index in [2.05, 4.69) is 24.0 Å². The molecular formula is C17H18Cl2N2O2S. The van der Waals surface area contributed by atoms with Crippen molar-refractivity contribution in [3.8, 4) is 0 Å². The van der Waals surface area contributed by atoms with Crippen LogP contribution in [0.4, 0.5) is 5.69 Å². The average Bonchev–Trinajstić information content (AvgIpc) is 2.58. The van der Waals surface area contributed by atoms with Crippen molar-refractivity contribution in [3.05, 3.63) is 58.1 Å². The van der Waals surface area contributed by atoms with E-state index >= 15 is 0 Å². The second-order valence-electron chi connectivity index (χ2n) is 5.75. The van der Waals surface area contributed by atoms with Crippen LogP contribution in [0, 0.1) is 6.92 Å². The van der Waals surface area contributed by atoms with Crippen LogP contribution in [-0.2, 0) is 10.0 Å². The van der Waals surface area contributed by atoms with E-state index in [1.807, 2.05) is 12.1 Å². The van der Waals surface area contributed by atoms with Gasteiger partial charge in [0.15, 0.2) is 0 Å². The van der Waals surface area contributed by atoms with Crippen molar-refractivity contribution in [2.45, 2.75) is 11.8 Å². The summed E-state index contributed by atoms with van der Waals surface area (Å²) in [7, 11) is -3.55. The van der Waals surface area contributed by atoms with Crippen LogP contribution in [0.15, 0.2) is 47.4 Å². The van der Waals surface area contributed by atoms with Crippen molar-refractivity contribution >= 4 is 38.9 Å². The molecule has 1 saturated heterocycles. The summed E-state index contributed by atoms with van der Waals surface area (Å²) in [5.41, 5.74) is 2.35. The molecule has 4 nitrogen and oxygen atoms in total. The summed E-state index contributed by atoms with van der Waals surface area (Å²) in [5, 5.41) is 0.594. The third-order valence-corrected chi connectivity index (χ3v) is 6.86. The maximum absolute atomic E-state index is 12.8. The van der Waals surface area contributed by atoms with Gasteiger partial charge >= 0.3 is 0 Å². The van der Waals surface area contributed by atoms with Crippen LogP contribution in [0.25, 0.3) is 0 Å². The number of sulfonamides is 1. The minimum absolute atomic E-state index is 0.182. The van der Waals surface area contributed by atoms with Crippen molar-refractivity contribution in [2.24, 2.45) is 0 Å². The SMILES string of the molecule is Cc1ccccc1N1CCN(S(=O)(=O)c2ccc(Cl)c(Cl)c2)CC1. The van der Waals surface area contributed by atoms with Gasteiger partial charge in [0.05, 0.1) is 14.9 Å². The molecule has 128 valence electrons. The predicted octanol–water partition coefficient (Wildman–Crippen LogP) is 3.81. The summed E-state index contributed by atoms with van der Waals surface area (Å²) in [6, 6.07) is 12.6. The summed E-state index contributed by atoms with van der Waals surface area (Å²) >= 11 is 11.8. The van der Waals surface area contributed by atoms with Crippen LogP contribution in [0.5, 0.6) is 0 Å². The fourth-order valence-electron chi connectivity index (χ4n) is 2.87. The molecule has 7 heteroatoms. The molecule has 0 spiro atoms. The molecule has 1 heterocycles. The Morgan fingerprint density at radius 2 is 1.58 bits per heavy atom. The van der Waals surface area contributed by atoms with E-state index in [1.54, 1.807) is 0 Å². The lowest BCUT2D eigenvalue weighted by molar-refractivity contribution is 0.385. The number of anilines is 1. The van der Waals surface area contributed by atoms with Crippen LogP contribution in [0.2, 0.25) is 10.0 Å². The van der Waals surface area contributed by atoms with E-state index in [0.29, 0.717) is 31.2 Å². The lowest BCUT2D eigenvalue weighted by Gasteiger charge is -2.36. The highest BCUT2D eigenvalue weighted by atomic mass is 35.5. The van der Waals surface area contributed by atoms with Gasteiger partial charge in [-0.25, -0.2) is 8.42 Å². The molecule has 1 aliphatic rings. The highest BCUT2D eigenvalue weighted by molar-refractivity contribution is 7.89. The first-order chi connectivity index (χ1) is 11.4. The highest BCUT2D eigenvalue weighted by Crippen LogP contribution is 2.28. The average molecular weight is 385 g/mol. The molecule has 24 heavy (non-hydrogen) atoms. The molecule has 3 rings (SSSR count). The maximum atomic E-state index is 12.8. The summed E-state index contributed by atoms with van der Waals surface area (Å²) in [5.74, 6) is 0. The van der Waals surface area contributed by atoms with Crippen LogP contribution in [0.1, 0.15) is 5.56 Å². The van der Waals surface area contributed by atoms with Crippen LogP contribution in [-0.4, -0.2) is 38.9 Å². The second-order valence-corrected chi connectivity index (χ2v) is 8.51. The van der Waals surface area contributed by atoms with Gasteiger partial charge in [0.2, 0.25) is 10.0 Å². The minimum Gasteiger partial charge on any atom is -0.369 e. The molecule has 0 aromatic heterocycles. The number of para-hydroxylation sites is 1. The zero-order chi connectivity index (χ0) is 17.3. The molecule has 0 bridgehead atoms. The Balaban J connectivity index is 1.76. The van der Waals surface area contributed by atoms with E-state index in [0.717, 1.165) is 5.69 Å². The van der Waals surface area contributed by atoms with E-state index < -0.39 is 10.0 Å². The quantitative estimate of drug-likeness (QED) is 0.807. The number of hydrogen-bond acceptors (Lipinski definition) is 3. The van der Waals surface area contributed by atoms with Gasteiger partial charge in [0.1, 0.15) is 0 Å². The zero-order valence-corrected chi connectivity index (χ0v) is 15.6. The third kappa shape index (κ3) is 3.40. The summed E-state index contributed by atoms with van der Waals surface area (Å²) in [4.78, 5) is 2.40. The Morgan fingerprint density at radius 3 is 2.21 bits per heavy atom. The van der Waals surface area contributed by atoms with Crippen LogP contribution >= 0.6 is 23.2 Å². The number of rotatable bonds is 3. The van der Waals surface area contributed by atoms with Crippen LogP contribution < -0.4 is 4.90 Å². The molecule has 1 fully saturated rings. The van der Waals surface area contributed by atoms with Crippen molar-refractivity contribution in [3.63, 3.8) is 0 Å². The third-order valence-electron chi connectivity index (χ3n) is 4.22. The lowest BCUT2D eigenvalue weighted by Crippen LogP contribution is -2.48. The molecule has 2 aromatic carbocycles. The number of halogens is 2. The van der Waals surface area contributed by atoms with Gasteiger partial charge in [-0.3, -0.25) is 0 Å². The van der Waals surface area contributed by atoms with Gasteiger partial charge in [0, 0.05) is 31.9 Å². The van der Waals surface area contributed by atoms with E-state index in [-0.39, 0.29) is 9.92 Å². The first-order valence-electron chi connectivity index (χ1n) is 7.65. The highest BCUT2D eigenvalue weighted by Gasteiger charge is 2.29. The van der Waals surface area contributed by atoms with Gasteiger partial charge in [0.25, 0.3) is 0 Å². The van der Waals surface area contributed by atoms with Gasteiger partial charge in [-0.05, 0) is 36.8 Å². The molecule has 0 N–H and O–H groups in total. The first kappa shape index (κ1) is 17.5. The zero-order valence-electron chi connectivity index (χ0n) is 13.2. The van der Waals surface area contributed by atoms with Gasteiger partial charge in [-0.1, -0.05) is 41.4 Å². The summed E-state index contributed by atoms with van der Waals surface area (Å²) in [6.45, 7) is 4.26. The Hall–Kier alpha value is -1.27. The summed E-state index contributed by atoms with van der Waals surface area (Å²) in [6.07, 6.45) is 0. The Bertz CT molecular complexity index is 847. The second kappa shape index (κ2) is 6.92. The number of benzene rings is 2. The summed E-state index contributed by atoms with van der Waals surface area (Å²) < 4.78 is 27.0. The smallest absolute Gasteiger partial charge is 0.243 e. The molecule has 0 atom stereocenters. The number of nitrogens with zero attached hydrogens (tertiary/aromatic N) is 2. The normalized spacial score (nSPS) is 16.4. The monoisotopic (exact) mass is 384 g/mol. The largest absolute Gasteiger partial charge is 0.369 e. The van der Waals surface area contributed by atoms with E-state index in [9.17, 15) is 8.42 Å². The van der Waals surface area contributed by atoms with Crippen molar-refractivity contribution < 1.29 is 8.42 Å². The topological polar surface area (TPSA) is 40.6 Å². The molecule has 1 aliphatic heterocycles. The maximum Gasteiger partial charge on any atom is 0.243 e. The lowest BCUT2D eigenvalue weighted by atomic mass is 10.1. The van der Waals surface area contributed by atoms with Crippen molar-refractivity contribution in [1.29, 1.82) is 0 Å². The molecular weight excluding hydrogens is 367 g/mol. The Labute approximate surface area is 152 Å². The molecule has 0 unspecified atom stereocenters. The minimum atomic E-state index is -3.55. The molecule has 2 aromatic rings. The Morgan fingerprint density at radius 1 is 0.917 bits per heavy atom. The molecule has 0 radical (unpaired) electrons. The predicted molar refractivity (Wildman–Crippen MR) is 98.6 cm³/mol. The first-order valence-corrected chi connectivity index (χ1v) is 9.85. The molecule has 0 aliphatic carbocycles. The number of hydrogen-bond donors (Lipinski definition) is 0. The van der Waals surface area contributed by atoms with Crippen molar-refractivity contribution in [2.75, 3.05) is 31.1 Å². The van der Waals surface area contributed by atoms with E-state index in [1.165, 1.54) is 28.1 Å². The van der Waals surface area contributed by atoms with Crippen molar-refractivity contribution in [1.82, 2.24) is 4.31 Å². The molecule has 0 amide bonds. The fourth-order valence-corrected chi connectivity index (χ4v) is 4.69. The standard InChI is InChI=1S/C17H18Cl2N2O2S/c1-13-4-2-3-5-17(13)20-8-10-21(11-9-20)24(22,23)14-6-7-15(18)16(19)12-14/h2-7,12H,8-11H2,1H3. The number of piperazine rings is 1. The van der Waals surface area contributed by atoms with E-state index in [4.69, 9.17) is 23.2 Å². The molecule has 0 saturated carbocycles. The van der Waals surface area contributed by atoms with Crippen LogP contribution in [0.3, 0.4) is 0 Å². The Kier molecular flexibility index (Phi) is 5.06. The fraction of sp³-hybridized carbons (Fsp3) is 0.294. The van der Waals surface area contributed by atoms with Gasteiger partial charge < -0.3 is 4.90 Å². The number of aryl methyl sites for hydroxylation is 1. The van der Waals surface area contributed by atoms with Gasteiger partial charge in [-0.15, -0.1) is 0 Å². The van der Waals surface area contributed by atoms with Gasteiger partial charge in [-0.2, -0.15) is 4.31 Å².